The summed E-state index contributed by atoms with van der Waals surface area (Å²) in [6.45, 7) is 1.22. The van der Waals surface area contributed by atoms with E-state index in [2.05, 4.69) is 10.5 Å². The predicted octanol–water partition coefficient (Wildman–Crippen LogP) is 0.272. The van der Waals surface area contributed by atoms with Crippen molar-refractivity contribution in [2.45, 2.75) is 13.0 Å². The molecule has 0 atom stereocenters. The zero-order chi connectivity index (χ0) is 14.1. The van der Waals surface area contributed by atoms with Crippen LogP contribution >= 0.6 is 12.2 Å². The Hall–Kier alpha value is -2.12. The highest BCUT2D eigenvalue weighted by Crippen LogP contribution is 2.15. The van der Waals surface area contributed by atoms with Crippen LogP contribution in [-0.4, -0.2) is 26.3 Å². The zero-order valence-corrected chi connectivity index (χ0v) is 11.6. The van der Waals surface area contributed by atoms with Crippen molar-refractivity contribution in [1.82, 2.24) is 20.1 Å². The Morgan fingerprint density at radius 1 is 1.35 bits per heavy atom. The number of H-pyrrole nitrogens is 1. The molecule has 4 N–H and O–H groups in total. The number of hydrogen-bond donors (Lipinski definition) is 3. The van der Waals surface area contributed by atoms with Crippen LogP contribution in [0.5, 0.6) is 0 Å². The third-order valence-electron chi connectivity index (χ3n) is 3.48. The van der Waals surface area contributed by atoms with Crippen molar-refractivity contribution in [1.29, 1.82) is 0 Å². The quantitative estimate of drug-likeness (QED) is 0.399. The zero-order valence-electron chi connectivity index (χ0n) is 10.8. The topological polar surface area (TPSA) is 79.1 Å². The minimum atomic E-state index is -0.0317. The standard InChI is InChI=1S/C13H15N5OS/c14-15-13(20)17-7-6-11-10(8-17)12(19)18(16-11)9-4-2-1-3-5-9/h1-5,16H,6-8,14H2,(H,15,20). The van der Waals surface area contributed by atoms with Crippen molar-refractivity contribution in [2.75, 3.05) is 6.54 Å². The fourth-order valence-electron chi connectivity index (χ4n) is 2.43. The van der Waals surface area contributed by atoms with Gasteiger partial charge in [0, 0.05) is 18.7 Å². The Balaban J connectivity index is 1.99. The molecule has 0 bridgehead atoms. The first-order chi connectivity index (χ1) is 9.70. The number of hydrazine groups is 1. The first-order valence-electron chi connectivity index (χ1n) is 6.34. The monoisotopic (exact) mass is 289 g/mol. The van der Waals surface area contributed by atoms with E-state index < -0.39 is 0 Å². The number of benzene rings is 1. The summed E-state index contributed by atoms with van der Waals surface area (Å²) < 4.78 is 1.58. The molecule has 1 aliphatic heterocycles. The van der Waals surface area contributed by atoms with E-state index in [1.165, 1.54) is 0 Å². The number of nitrogens with zero attached hydrogens (tertiary/aromatic N) is 2. The molecule has 1 aromatic carbocycles. The Kier molecular flexibility index (Phi) is 3.29. The van der Waals surface area contributed by atoms with Gasteiger partial charge in [-0.05, 0) is 24.4 Å². The van der Waals surface area contributed by atoms with Gasteiger partial charge >= 0.3 is 0 Å². The van der Waals surface area contributed by atoms with Crippen LogP contribution in [0.3, 0.4) is 0 Å². The van der Waals surface area contributed by atoms with Gasteiger partial charge in [0.15, 0.2) is 5.11 Å². The molecule has 0 unspecified atom stereocenters. The first kappa shape index (κ1) is 12.9. The highest BCUT2D eigenvalue weighted by Gasteiger charge is 2.24. The lowest BCUT2D eigenvalue weighted by Crippen LogP contribution is -2.46. The molecular formula is C13H15N5OS. The Morgan fingerprint density at radius 2 is 2.10 bits per heavy atom. The van der Waals surface area contributed by atoms with Crippen LogP contribution in [0, 0.1) is 0 Å². The average Bonchev–Trinajstić information content (AvgIpc) is 2.84. The number of hydrogen-bond acceptors (Lipinski definition) is 3. The highest BCUT2D eigenvalue weighted by molar-refractivity contribution is 7.80. The molecule has 0 amide bonds. The molecule has 0 fully saturated rings. The van der Waals surface area contributed by atoms with Crippen LogP contribution in [0.4, 0.5) is 0 Å². The third kappa shape index (κ3) is 2.10. The SMILES string of the molecule is NNC(=S)N1CCc2[nH]n(-c3ccccc3)c(=O)c2C1. The molecule has 0 spiro atoms. The molecule has 104 valence electrons. The number of rotatable bonds is 1. The van der Waals surface area contributed by atoms with Crippen molar-refractivity contribution in [3.63, 3.8) is 0 Å². The summed E-state index contributed by atoms with van der Waals surface area (Å²) >= 11 is 5.12. The van der Waals surface area contributed by atoms with E-state index in [1.807, 2.05) is 35.2 Å². The minimum absolute atomic E-state index is 0.0317. The summed E-state index contributed by atoms with van der Waals surface area (Å²) in [5.41, 5.74) is 4.98. The van der Waals surface area contributed by atoms with Gasteiger partial charge in [0.2, 0.25) is 0 Å². The Morgan fingerprint density at radius 3 is 2.80 bits per heavy atom. The van der Waals surface area contributed by atoms with E-state index in [9.17, 15) is 4.79 Å². The maximum Gasteiger partial charge on any atom is 0.276 e. The summed E-state index contributed by atoms with van der Waals surface area (Å²) in [6, 6.07) is 9.52. The normalized spacial score (nSPS) is 13.9. The molecule has 0 radical (unpaired) electrons. The molecule has 2 heterocycles. The molecule has 20 heavy (non-hydrogen) atoms. The van der Waals surface area contributed by atoms with E-state index >= 15 is 0 Å². The molecule has 0 aliphatic carbocycles. The summed E-state index contributed by atoms with van der Waals surface area (Å²) in [7, 11) is 0. The number of para-hydroxylation sites is 1. The minimum Gasteiger partial charge on any atom is -0.343 e. The van der Waals surface area contributed by atoms with Gasteiger partial charge in [-0.2, -0.15) is 0 Å². The second kappa shape index (κ2) is 5.10. The third-order valence-corrected chi connectivity index (χ3v) is 3.85. The van der Waals surface area contributed by atoms with Gasteiger partial charge < -0.3 is 10.3 Å². The molecule has 7 heteroatoms. The van der Waals surface area contributed by atoms with E-state index in [4.69, 9.17) is 18.1 Å². The number of nitrogens with two attached hydrogens (primary N) is 1. The van der Waals surface area contributed by atoms with Crippen LogP contribution in [0.1, 0.15) is 11.3 Å². The molecule has 0 saturated carbocycles. The molecule has 2 aromatic rings. The first-order valence-corrected chi connectivity index (χ1v) is 6.75. The van der Waals surface area contributed by atoms with E-state index in [1.54, 1.807) is 4.68 Å². The van der Waals surface area contributed by atoms with Crippen LogP contribution < -0.4 is 16.8 Å². The van der Waals surface area contributed by atoms with Gasteiger partial charge in [-0.25, -0.2) is 10.5 Å². The van der Waals surface area contributed by atoms with Crippen LogP contribution in [0.15, 0.2) is 35.1 Å². The largest absolute Gasteiger partial charge is 0.343 e. The molecule has 1 aliphatic rings. The number of thiocarbonyl (C=S) groups is 1. The van der Waals surface area contributed by atoms with Crippen LogP contribution in [-0.2, 0) is 13.0 Å². The maximum atomic E-state index is 12.5. The predicted molar refractivity (Wildman–Crippen MR) is 80.4 cm³/mol. The molecular weight excluding hydrogens is 274 g/mol. The van der Waals surface area contributed by atoms with Gasteiger partial charge in [0.25, 0.3) is 5.56 Å². The van der Waals surface area contributed by atoms with Crippen molar-refractivity contribution >= 4 is 17.3 Å². The number of aromatic amines is 1. The van der Waals surface area contributed by atoms with Gasteiger partial charge in [0.05, 0.1) is 17.8 Å². The molecule has 0 saturated heterocycles. The van der Waals surface area contributed by atoms with E-state index in [0.717, 1.165) is 29.9 Å². The molecule has 1 aromatic heterocycles. The fourth-order valence-corrected chi connectivity index (χ4v) is 2.58. The van der Waals surface area contributed by atoms with E-state index in [-0.39, 0.29) is 5.56 Å². The van der Waals surface area contributed by atoms with Crippen molar-refractivity contribution in [2.24, 2.45) is 5.84 Å². The van der Waals surface area contributed by atoms with Gasteiger partial charge in [-0.1, -0.05) is 18.2 Å². The summed E-state index contributed by atoms with van der Waals surface area (Å²) in [5.74, 6) is 5.33. The van der Waals surface area contributed by atoms with Crippen LogP contribution in [0.2, 0.25) is 0 Å². The number of aromatic nitrogens is 2. The molecule has 6 nitrogen and oxygen atoms in total. The lowest BCUT2D eigenvalue weighted by atomic mass is 10.1. The number of nitrogens with one attached hydrogen (secondary N) is 2. The smallest absolute Gasteiger partial charge is 0.276 e. The van der Waals surface area contributed by atoms with Crippen molar-refractivity contribution in [3.8, 4) is 5.69 Å². The Labute approximate surface area is 121 Å². The summed E-state index contributed by atoms with van der Waals surface area (Å²) in [4.78, 5) is 14.4. The van der Waals surface area contributed by atoms with Crippen molar-refractivity contribution < 1.29 is 0 Å². The molecule has 3 rings (SSSR count). The lowest BCUT2D eigenvalue weighted by molar-refractivity contribution is 0.385. The second-order valence-corrected chi connectivity index (χ2v) is 5.05. The summed E-state index contributed by atoms with van der Waals surface area (Å²) in [5, 5.41) is 3.64. The summed E-state index contributed by atoms with van der Waals surface area (Å²) in [6.07, 6.45) is 0.742. The number of fused-ring (bicyclic) bond motifs is 1. The van der Waals surface area contributed by atoms with Gasteiger partial charge in [0.1, 0.15) is 0 Å². The average molecular weight is 289 g/mol. The van der Waals surface area contributed by atoms with Gasteiger partial charge in [-0.15, -0.1) is 0 Å². The highest BCUT2D eigenvalue weighted by atomic mass is 32.1. The van der Waals surface area contributed by atoms with Crippen LogP contribution in [0.25, 0.3) is 5.69 Å². The van der Waals surface area contributed by atoms with Gasteiger partial charge in [-0.3, -0.25) is 9.89 Å². The second-order valence-electron chi connectivity index (χ2n) is 4.67. The van der Waals surface area contributed by atoms with E-state index in [0.29, 0.717) is 11.7 Å². The van der Waals surface area contributed by atoms with Crippen molar-refractivity contribution in [3.05, 3.63) is 51.9 Å². The fraction of sp³-hybridized carbons (Fsp3) is 0.231. The maximum absolute atomic E-state index is 12.5. The lowest BCUT2D eigenvalue weighted by Gasteiger charge is -2.27. The Bertz CT molecular complexity index is 691.